The molecule has 0 atom stereocenters. The van der Waals surface area contributed by atoms with Crippen molar-refractivity contribution in [3.05, 3.63) is 22.4 Å². The minimum absolute atomic E-state index is 0.724. The Morgan fingerprint density at radius 1 is 1.64 bits per heavy atom. The van der Waals surface area contributed by atoms with Crippen LogP contribution in [-0.2, 0) is 5.75 Å². The Labute approximate surface area is 98.5 Å². The second kappa shape index (κ2) is 7.09. The van der Waals surface area contributed by atoms with Gasteiger partial charge in [-0.25, -0.2) is 0 Å². The Bertz CT molecular complexity index is 259. The van der Waals surface area contributed by atoms with E-state index in [1.54, 1.807) is 0 Å². The van der Waals surface area contributed by atoms with E-state index in [0.29, 0.717) is 0 Å². The summed E-state index contributed by atoms with van der Waals surface area (Å²) in [6, 6.07) is 4.26. The summed E-state index contributed by atoms with van der Waals surface area (Å²) in [7, 11) is 1.83. The Morgan fingerprint density at radius 3 is 3.14 bits per heavy atom. The molecule has 1 aromatic rings. The predicted molar refractivity (Wildman–Crippen MR) is 70.1 cm³/mol. The van der Waals surface area contributed by atoms with Crippen LogP contribution in [0.3, 0.4) is 0 Å². The van der Waals surface area contributed by atoms with Gasteiger partial charge in [0, 0.05) is 30.0 Å². The molecule has 1 aromatic heterocycles. The van der Waals surface area contributed by atoms with Crippen LogP contribution in [-0.4, -0.2) is 24.5 Å². The molecule has 0 spiro atoms. The van der Waals surface area contributed by atoms with Gasteiger partial charge in [0.25, 0.3) is 0 Å². The molecule has 0 aliphatic heterocycles. The van der Waals surface area contributed by atoms with Crippen molar-refractivity contribution in [3.8, 4) is 0 Å². The van der Waals surface area contributed by atoms with E-state index in [9.17, 15) is 0 Å². The highest BCUT2D eigenvalue weighted by atomic mass is 32.2. The molecule has 0 aliphatic rings. The lowest BCUT2D eigenvalue weighted by atomic mass is 10.5. The number of thiocarbonyl (C=S) groups is 1. The van der Waals surface area contributed by atoms with Crippen LogP contribution in [0.4, 0.5) is 0 Å². The largest absolute Gasteiger partial charge is 0.366 e. The van der Waals surface area contributed by atoms with Crippen LogP contribution in [0.15, 0.2) is 17.5 Å². The molecule has 5 heteroatoms. The lowest BCUT2D eigenvalue weighted by Gasteiger charge is -2.05. The van der Waals surface area contributed by atoms with Gasteiger partial charge in [0.15, 0.2) is 5.11 Å². The molecule has 0 aliphatic carbocycles. The van der Waals surface area contributed by atoms with E-state index < -0.39 is 0 Å². The molecular weight excluding hydrogens is 232 g/mol. The minimum atomic E-state index is 0.724. The van der Waals surface area contributed by atoms with Crippen molar-refractivity contribution in [1.29, 1.82) is 0 Å². The van der Waals surface area contributed by atoms with Crippen LogP contribution in [0.1, 0.15) is 4.88 Å². The van der Waals surface area contributed by atoms with Gasteiger partial charge < -0.3 is 10.6 Å². The molecule has 0 bridgehead atoms. The van der Waals surface area contributed by atoms with Gasteiger partial charge in [-0.15, -0.1) is 11.3 Å². The van der Waals surface area contributed by atoms with Crippen LogP contribution >= 0.6 is 35.3 Å². The third-order valence-electron chi connectivity index (χ3n) is 1.58. The molecule has 14 heavy (non-hydrogen) atoms. The summed E-state index contributed by atoms with van der Waals surface area (Å²) in [5.74, 6) is 2.19. The molecule has 0 aromatic carbocycles. The lowest BCUT2D eigenvalue weighted by Crippen LogP contribution is -2.33. The van der Waals surface area contributed by atoms with Crippen molar-refractivity contribution < 1.29 is 0 Å². The summed E-state index contributed by atoms with van der Waals surface area (Å²) < 4.78 is 0. The molecule has 78 valence electrons. The van der Waals surface area contributed by atoms with E-state index in [1.807, 2.05) is 30.1 Å². The summed E-state index contributed by atoms with van der Waals surface area (Å²) >= 11 is 8.69. The Morgan fingerprint density at radius 2 is 2.50 bits per heavy atom. The highest BCUT2D eigenvalue weighted by Crippen LogP contribution is 2.16. The monoisotopic (exact) mass is 246 g/mol. The van der Waals surface area contributed by atoms with Crippen LogP contribution in [0.2, 0.25) is 0 Å². The summed E-state index contributed by atoms with van der Waals surface area (Å²) in [5, 5.41) is 8.84. The molecule has 0 saturated heterocycles. The van der Waals surface area contributed by atoms with Crippen LogP contribution < -0.4 is 10.6 Å². The van der Waals surface area contributed by atoms with Crippen molar-refractivity contribution in [3.63, 3.8) is 0 Å². The topological polar surface area (TPSA) is 24.1 Å². The smallest absolute Gasteiger partial charge is 0.166 e. The second-order valence-corrected chi connectivity index (χ2v) is 5.18. The van der Waals surface area contributed by atoms with Crippen molar-refractivity contribution in [1.82, 2.24) is 10.6 Å². The Kier molecular flexibility index (Phi) is 5.98. The van der Waals surface area contributed by atoms with Crippen molar-refractivity contribution in [2.45, 2.75) is 5.75 Å². The quantitative estimate of drug-likeness (QED) is 0.613. The third kappa shape index (κ3) is 4.83. The molecule has 1 heterocycles. The van der Waals surface area contributed by atoms with Crippen LogP contribution in [0.5, 0.6) is 0 Å². The first kappa shape index (κ1) is 11.8. The van der Waals surface area contributed by atoms with Crippen molar-refractivity contribution >= 4 is 40.4 Å². The van der Waals surface area contributed by atoms with E-state index in [4.69, 9.17) is 12.2 Å². The lowest BCUT2D eigenvalue weighted by molar-refractivity contribution is 0.943. The third-order valence-corrected chi connectivity index (χ3v) is 4.00. The number of hydrogen-bond donors (Lipinski definition) is 2. The standard InChI is InChI=1S/C9H14N2S3/c1-10-9(12)11-4-6-13-7-8-3-2-5-14-8/h2-3,5H,4,6-7H2,1H3,(H2,10,11,12). The number of hydrogen-bond acceptors (Lipinski definition) is 3. The van der Waals surface area contributed by atoms with E-state index in [0.717, 1.165) is 23.2 Å². The van der Waals surface area contributed by atoms with E-state index >= 15 is 0 Å². The first-order chi connectivity index (χ1) is 6.83. The molecule has 0 saturated carbocycles. The van der Waals surface area contributed by atoms with Gasteiger partial charge in [-0.05, 0) is 23.7 Å². The maximum Gasteiger partial charge on any atom is 0.166 e. The molecule has 2 N–H and O–H groups in total. The Balaban J connectivity index is 1.97. The Hall–Kier alpha value is -0.260. The molecule has 0 unspecified atom stereocenters. The fourth-order valence-corrected chi connectivity index (χ4v) is 2.69. The second-order valence-electron chi connectivity index (χ2n) is 2.64. The number of rotatable bonds is 5. The fraction of sp³-hybridized carbons (Fsp3) is 0.444. The molecule has 0 amide bonds. The van der Waals surface area contributed by atoms with Gasteiger partial charge in [0.05, 0.1) is 0 Å². The number of thiophene rings is 1. The summed E-state index contributed by atoms with van der Waals surface area (Å²) in [6.07, 6.45) is 0. The van der Waals surface area contributed by atoms with Gasteiger partial charge in [-0.1, -0.05) is 6.07 Å². The van der Waals surface area contributed by atoms with Crippen molar-refractivity contribution in [2.24, 2.45) is 0 Å². The zero-order valence-electron chi connectivity index (χ0n) is 8.08. The van der Waals surface area contributed by atoms with E-state index in [2.05, 4.69) is 28.1 Å². The zero-order chi connectivity index (χ0) is 10.2. The average Bonchev–Trinajstić information content (AvgIpc) is 2.69. The van der Waals surface area contributed by atoms with E-state index in [-0.39, 0.29) is 0 Å². The van der Waals surface area contributed by atoms with Crippen LogP contribution in [0, 0.1) is 0 Å². The highest BCUT2D eigenvalue weighted by Gasteiger charge is 1.94. The van der Waals surface area contributed by atoms with Crippen LogP contribution in [0.25, 0.3) is 0 Å². The maximum absolute atomic E-state index is 4.96. The normalized spacial score (nSPS) is 9.79. The van der Waals surface area contributed by atoms with Gasteiger partial charge in [-0.2, -0.15) is 11.8 Å². The maximum atomic E-state index is 4.96. The van der Waals surface area contributed by atoms with Gasteiger partial charge in [-0.3, -0.25) is 0 Å². The molecule has 1 rings (SSSR count). The average molecular weight is 246 g/mol. The first-order valence-electron chi connectivity index (χ1n) is 4.38. The van der Waals surface area contributed by atoms with Gasteiger partial charge >= 0.3 is 0 Å². The number of thioether (sulfide) groups is 1. The van der Waals surface area contributed by atoms with Gasteiger partial charge in [0.1, 0.15) is 0 Å². The SMILES string of the molecule is CNC(=S)NCCSCc1cccs1. The zero-order valence-corrected chi connectivity index (χ0v) is 10.5. The van der Waals surface area contributed by atoms with E-state index in [1.165, 1.54) is 4.88 Å². The predicted octanol–water partition coefficient (Wildman–Crippen LogP) is 2.08. The summed E-state index contributed by atoms with van der Waals surface area (Å²) in [6.45, 7) is 0.926. The fourth-order valence-electron chi connectivity index (χ4n) is 0.893. The molecule has 0 radical (unpaired) electrons. The van der Waals surface area contributed by atoms with Crippen molar-refractivity contribution in [2.75, 3.05) is 19.3 Å². The molecule has 2 nitrogen and oxygen atoms in total. The minimum Gasteiger partial charge on any atom is -0.366 e. The summed E-state index contributed by atoms with van der Waals surface area (Å²) in [4.78, 5) is 1.44. The number of nitrogens with one attached hydrogen (secondary N) is 2. The first-order valence-corrected chi connectivity index (χ1v) is 6.83. The van der Waals surface area contributed by atoms with Gasteiger partial charge in [0.2, 0.25) is 0 Å². The highest BCUT2D eigenvalue weighted by molar-refractivity contribution is 7.98. The molecular formula is C9H14N2S3. The molecule has 0 fully saturated rings. The summed E-state index contributed by atoms with van der Waals surface area (Å²) in [5.41, 5.74) is 0.